The lowest BCUT2D eigenvalue weighted by atomic mass is 9.58. The molecule has 1 saturated carbocycles. The van der Waals surface area contributed by atoms with E-state index in [-0.39, 0.29) is 17.8 Å². The molecule has 8 atom stereocenters. The SMILES string of the molecule is CCCOC(=O)c1ccc(CO[C@H]2O[C@@H]3O[C@]4(C)CC[C@H]5[C@H](C)CC[C@@H]([C@H]2C)[C@@]35OO4)cc1. The topological polar surface area (TPSA) is 72.5 Å². The molecule has 7 heteroatoms. The average Bonchev–Trinajstić information content (AvgIpc) is 3.05. The Morgan fingerprint density at radius 1 is 1.09 bits per heavy atom. The molecule has 4 aliphatic heterocycles. The third-order valence-corrected chi connectivity index (χ3v) is 8.14. The number of benzene rings is 1. The van der Waals surface area contributed by atoms with E-state index in [1.807, 2.05) is 26.0 Å². The highest BCUT2D eigenvalue weighted by Gasteiger charge is 2.69. The van der Waals surface area contributed by atoms with Gasteiger partial charge in [-0.3, -0.25) is 0 Å². The van der Waals surface area contributed by atoms with Gasteiger partial charge in [0.1, 0.15) is 0 Å². The van der Waals surface area contributed by atoms with Crippen molar-refractivity contribution >= 4 is 5.97 Å². The first-order chi connectivity index (χ1) is 15.9. The summed E-state index contributed by atoms with van der Waals surface area (Å²) in [6, 6.07) is 7.36. The molecule has 2 bridgehead atoms. The normalized spacial score (nSPS) is 41.8. The van der Waals surface area contributed by atoms with Crippen LogP contribution in [-0.4, -0.2) is 36.5 Å². The lowest BCUT2D eigenvalue weighted by Crippen LogP contribution is -2.70. The van der Waals surface area contributed by atoms with Crippen LogP contribution in [0.4, 0.5) is 0 Å². The van der Waals surface area contributed by atoms with Crippen LogP contribution in [0.3, 0.4) is 0 Å². The van der Waals surface area contributed by atoms with Gasteiger partial charge < -0.3 is 18.9 Å². The summed E-state index contributed by atoms with van der Waals surface area (Å²) in [5.41, 5.74) is 0.947. The van der Waals surface area contributed by atoms with E-state index in [4.69, 9.17) is 28.7 Å². The van der Waals surface area contributed by atoms with E-state index >= 15 is 0 Å². The molecule has 6 rings (SSSR count). The number of hydrogen-bond donors (Lipinski definition) is 0. The van der Waals surface area contributed by atoms with E-state index in [0.29, 0.717) is 30.6 Å². The number of esters is 1. The zero-order chi connectivity index (χ0) is 23.2. The standard InChI is InChI=1S/C26H36O7/c1-5-14-28-22(27)19-9-7-18(8-10-19)15-29-23-17(3)21-11-6-16(2)20-12-13-25(4)31-24(30-23)26(20,21)33-32-25/h7-10,16-17,20-21,23-24H,5-6,11-15H2,1-4H3/t16-,17-,20+,21+,23+,24-,25+,26-/m1/s1. The highest BCUT2D eigenvalue weighted by atomic mass is 17.3. The molecule has 5 aliphatic rings. The molecule has 4 heterocycles. The van der Waals surface area contributed by atoms with Gasteiger partial charge in [0.2, 0.25) is 5.79 Å². The van der Waals surface area contributed by atoms with Crippen LogP contribution < -0.4 is 0 Å². The van der Waals surface area contributed by atoms with Crippen molar-refractivity contribution in [2.24, 2.45) is 23.7 Å². The Morgan fingerprint density at radius 3 is 2.64 bits per heavy atom. The van der Waals surface area contributed by atoms with Crippen LogP contribution >= 0.6 is 0 Å². The molecule has 1 aromatic carbocycles. The summed E-state index contributed by atoms with van der Waals surface area (Å²) in [7, 11) is 0. The van der Waals surface area contributed by atoms with Crippen LogP contribution in [-0.2, 0) is 35.3 Å². The fraction of sp³-hybridized carbons (Fsp3) is 0.731. The average molecular weight is 461 g/mol. The number of fused-ring (bicyclic) bond motifs is 2. The summed E-state index contributed by atoms with van der Waals surface area (Å²) in [5.74, 6) is 0.164. The molecule has 0 radical (unpaired) electrons. The third kappa shape index (κ3) is 4.02. The van der Waals surface area contributed by atoms with Crippen LogP contribution in [0.15, 0.2) is 24.3 Å². The van der Waals surface area contributed by atoms with E-state index in [1.54, 1.807) is 12.1 Å². The second-order valence-electron chi connectivity index (χ2n) is 10.4. The lowest BCUT2D eigenvalue weighted by Gasteiger charge is -2.60. The molecule has 4 saturated heterocycles. The van der Waals surface area contributed by atoms with E-state index < -0.39 is 24.0 Å². The minimum atomic E-state index is -0.787. The van der Waals surface area contributed by atoms with Gasteiger partial charge in [0.05, 0.1) is 18.8 Å². The van der Waals surface area contributed by atoms with Crippen LogP contribution in [0.25, 0.3) is 0 Å². The van der Waals surface area contributed by atoms with E-state index in [1.165, 1.54) is 0 Å². The number of rotatable bonds is 6. The summed E-state index contributed by atoms with van der Waals surface area (Å²) in [5, 5.41) is 0. The van der Waals surface area contributed by atoms with Gasteiger partial charge >= 0.3 is 5.97 Å². The fourth-order valence-corrected chi connectivity index (χ4v) is 6.26. The molecule has 182 valence electrons. The van der Waals surface area contributed by atoms with Crippen molar-refractivity contribution in [2.75, 3.05) is 6.61 Å². The van der Waals surface area contributed by atoms with E-state index in [0.717, 1.165) is 37.7 Å². The van der Waals surface area contributed by atoms with Crippen molar-refractivity contribution in [1.82, 2.24) is 0 Å². The molecule has 1 spiro atoms. The quantitative estimate of drug-likeness (QED) is 0.438. The van der Waals surface area contributed by atoms with Crippen LogP contribution in [0.2, 0.25) is 0 Å². The molecule has 1 aromatic rings. The number of carbonyl (C=O) groups is 1. The monoisotopic (exact) mass is 460 g/mol. The lowest BCUT2D eigenvalue weighted by molar-refractivity contribution is -0.577. The Bertz CT molecular complexity index is 857. The van der Waals surface area contributed by atoms with Gasteiger partial charge in [-0.2, -0.15) is 0 Å². The maximum atomic E-state index is 12.0. The molecule has 0 amide bonds. The Morgan fingerprint density at radius 2 is 1.88 bits per heavy atom. The first-order valence-electron chi connectivity index (χ1n) is 12.4. The molecule has 5 fully saturated rings. The number of ether oxygens (including phenoxy) is 4. The highest BCUT2D eigenvalue weighted by molar-refractivity contribution is 5.89. The molecular formula is C26H36O7. The van der Waals surface area contributed by atoms with Crippen LogP contribution in [0.5, 0.6) is 0 Å². The number of hydrogen-bond acceptors (Lipinski definition) is 7. The van der Waals surface area contributed by atoms with Gasteiger partial charge in [-0.1, -0.05) is 32.9 Å². The molecule has 0 N–H and O–H groups in total. The largest absolute Gasteiger partial charge is 0.462 e. The van der Waals surface area contributed by atoms with Gasteiger partial charge in [-0.05, 0) is 62.1 Å². The maximum absolute atomic E-state index is 12.0. The minimum absolute atomic E-state index is 0.134. The zero-order valence-electron chi connectivity index (χ0n) is 20.1. The van der Waals surface area contributed by atoms with E-state index in [2.05, 4.69) is 13.8 Å². The van der Waals surface area contributed by atoms with Crippen LogP contribution in [0, 0.1) is 23.7 Å². The van der Waals surface area contributed by atoms with Crippen molar-refractivity contribution in [1.29, 1.82) is 0 Å². The summed E-state index contributed by atoms with van der Waals surface area (Å²) >= 11 is 0. The Hall–Kier alpha value is -1.51. The van der Waals surface area contributed by atoms with Gasteiger partial charge in [0.25, 0.3) is 0 Å². The van der Waals surface area contributed by atoms with E-state index in [9.17, 15) is 4.79 Å². The Labute approximate surface area is 195 Å². The Balaban J connectivity index is 1.29. The fourth-order valence-electron chi connectivity index (χ4n) is 6.26. The summed E-state index contributed by atoms with van der Waals surface area (Å²) in [4.78, 5) is 24.1. The van der Waals surface area contributed by atoms with Crippen molar-refractivity contribution in [2.45, 2.75) is 90.4 Å². The number of carbonyl (C=O) groups excluding carboxylic acids is 1. The molecule has 0 unspecified atom stereocenters. The highest BCUT2D eigenvalue weighted by Crippen LogP contribution is 2.60. The molecule has 0 aromatic heterocycles. The van der Waals surface area contributed by atoms with Gasteiger partial charge in [-0.15, -0.1) is 0 Å². The predicted molar refractivity (Wildman–Crippen MR) is 119 cm³/mol. The molecule has 7 nitrogen and oxygen atoms in total. The van der Waals surface area contributed by atoms with Gasteiger partial charge in [0, 0.05) is 18.3 Å². The molecule has 1 aliphatic carbocycles. The second-order valence-corrected chi connectivity index (χ2v) is 10.4. The van der Waals surface area contributed by atoms with Gasteiger partial charge in [-0.25, -0.2) is 14.6 Å². The maximum Gasteiger partial charge on any atom is 0.338 e. The second kappa shape index (κ2) is 8.93. The van der Waals surface area contributed by atoms with Gasteiger partial charge in [0.15, 0.2) is 18.2 Å². The van der Waals surface area contributed by atoms with Crippen molar-refractivity contribution in [3.63, 3.8) is 0 Å². The van der Waals surface area contributed by atoms with Crippen LogP contribution in [0.1, 0.15) is 75.7 Å². The smallest absolute Gasteiger partial charge is 0.338 e. The summed E-state index contributed by atoms with van der Waals surface area (Å²) in [6.07, 6.45) is 3.91. The first-order valence-corrected chi connectivity index (χ1v) is 12.4. The first kappa shape index (κ1) is 23.2. The summed E-state index contributed by atoms with van der Waals surface area (Å²) < 4.78 is 24.3. The minimum Gasteiger partial charge on any atom is -0.462 e. The van der Waals surface area contributed by atoms with Crippen molar-refractivity contribution in [3.8, 4) is 0 Å². The Kier molecular flexibility index (Phi) is 6.29. The molecular weight excluding hydrogens is 424 g/mol. The summed E-state index contributed by atoms with van der Waals surface area (Å²) in [6.45, 7) is 9.22. The van der Waals surface area contributed by atoms with Crippen molar-refractivity contribution in [3.05, 3.63) is 35.4 Å². The third-order valence-electron chi connectivity index (χ3n) is 8.14. The molecule has 33 heavy (non-hydrogen) atoms. The van der Waals surface area contributed by atoms with Crippen molar-refractivity contribution < 1.29 is 33.5 Å². The predicted octanol–water partition coefficient (Wildman–Crippen LogP) is 4.98. The zero-order valence-corrected chi connectivity index (χ0v) is 20.1.